The molecule has 0 rings (SSSR count). The van der Waals surface area contributed by atoms with Crippen LogP contribution in [0, 0.1) is 0 Å². The fraction of sp³-hybridized carbons (Fsp3) is 1.00. The summed E-state index contributed by atoms with van der Waals surface area (Å²) in [4.78, 5) is 0. The van der Waals surface area contributed by atoms with Crippen LogP contribution in [0.1, 0.15) is 19.3 Å². The molecule has 0 fully saturated rings. The third kappa shape index (κ3) is 19.1. The van der Waals surface area contributed by atoms with E-state index in [4.69, 9.17) is 28.4 Å². The van der Waals surface area contributed by atoms with Crippen LogP contribution in [0.5, 0.6) is 0 Å². The lowest BCUT2D eigenvalue weighted by Crippen LogP contribution is -2.27. The molecule has 0 unspecified atom stereocenters. The lowest BCUT2D eigenvalue weighted by atomic mass is 10.4. The minimum Gasteiger partial charge on any atom is -0.379 e. The van der Waals surface area contributed by atoms with Gasteiger partial charge in [0.25, 0.3) is 0 Å². The van der Waals surface area contributed by atoms with Crippen LogP contribution in [0.4, 0.5) is 0 Å². The number of hydrogen-bond acceptors (Lipinski definition) is 9. The van der Waals surface area contributed by atoms with Crippen molar-refractivity contribution in [2.24, 2.45) is 0 Å². The van der Waals surface area contributed by atoms with E-state index < -0.39 is 0 Å². The van der Waals surface area contributed by atoms with E-state index in [0.29, 0.717) is 70.7 Å². The maximum atomic E-state index is 5.80. The summed E-state index contributed by atoms with van der Waals surface area (Å²) in [7, 11) is 0. The summed E-state index contributed by atoms with van der Waals surface area (Å²) in [6.45, 7) is 4.81. The van der Waals surface area contributed by atoms with Crippen LogP contribution in [0.25, 0.3) is 0 Å². The van der Waals surface area contributed by atoms with Crippen LogP contribution in [0.2, 0.25) is 0 Å². The van der Waals surface area contributed by atoms with Gasteiger partial charge in [0.05, 0.1) is 31.0 Å². The van der Waals surface area contributed by atoms with Gasteiger partial charge in [0.1, 0.15) is 6.10 Å². The third-order valence-corrected chi connectivity index (χ3v) is 3.37. The van der Waals surface area contributed by atoms with E-state index in [1.807, 2.05) is 0 Å². The Labute approximate surface area is 162 Å². The van der Waals surface area contributed by atoms with Gasteiger partial charge in [0.2, 0.25) is 0 Å². The molecule has 6 nitrogen and oxygen atoms in total. The molecule has 9 heteroatoms. The van der Waals surface area contributed by atoms with Crippen molar-refractivity contribution >= 4 is 37.9 Å². The number of ether oxygens (including phenoxy) is 6. The molecule has 0 aliphatic carbocycles. The molecule has 146 valence electrons. The Bertz CT molecular complexity index is 223. The van der Waals surface area contributed by atoms with E-state index in [-0.39, 0.29) is 6.10 Å². The first-order valence-corrected chi connectivity index (χ1v) is 10.1. The van der Waals surface area contributed by atoms with E-state index in [2.05, 4.69) is 37.9 Å². The molecule has 0 bridgehead atoms. The van der Waals surface area contributed by atoms with Gasteiger partial charge >= 0.3 is 0 Å². The zero-order chi connectivity index (χ0) is 17.7. The molecule has 0 aromatic heterocycles. The van der Waals surface area contributed by atoms with Gasteiger partial charge in [0, 0.05) is 39.6 Å². The van der Waals surface area contributed by atoms with Gasteiger partial charge in [-0.3, -0.25) is 0 Å². The van der Waals surface area contributed by atoms with Gasteiger partial charge < -0.3 is 28.4 Å². The molecular formula is C15H32O6S3. The van der Waals surface area contributed by atoms with Crippen molar-refractivity contribution < 1.29 is 28.4 Å². The normalized spacial score (nSPS) is 11.5. The average Bonchev–Trinajstić information content (AvgIpc) is 2.60. The number of rotatable bonds is 20. The second-order valence-corrected chi connectivity index (χ2v) is 5.59. The van der Waals surface area contributed by atoms with Gasteiger partial charge in [-0.05, 0) is 19.3 Å². The van der Waals surface area contributed by atoms with E-state index in [1.165, 1.54) is 0 Å². The summed E-state index contributed by atoms with van der Waals surface area (Å²) in [5.74, 6) is 1.30. The van der Waals surface area contributed by atoms with Crippen LogP contribution in [0.3, 0.4) is 0 Å². The zero-order valence-electron chi connectivity index (χ0n) is 14.3. The Morgan fingerprint density at radius 3 is 1.29 bits per heavy atom. The Morgan fingerprint density at radius 2 is 0.875 bits per heavy atom. The summed E-state index contributed by atoms with van der Waals surface area (Å²) in [5.41, 5.74) is 0. The fourth-order valence-electron chi connectivity index (χ4n) is 1.70. The molecule has 0 amide bonds. The second-order valence-electron chi connectivity index (χ2n) is 4.82. The van der Waals surface area contributed by atoms with Crippen LogP contribution >= 0.6 is 37.9 Å². The molecule has 0 aliphatic heterocycles. The molecule has 0 aromatic rings. The summed E-state index contributed by atoms with van der Waals surface area (Å²) in [6.07, 6.45) is 2.41. The lowest BCUT2D eigenvalue weighted by molar-refractivity contribution is -0.0661. The highest BCUT2D eigenvalue weighted by atomic mass is 32.1. The summed E-state index contributed by atoms with van der Waals surface area (Å²) < 4.78 is 32.5. The van der Waals surface area contributed by atoms with Crippen molar-refractivity contribution in [2.75, 3.05) is 70.7 Å². The van der Waals surface area contributed by atoms with Crippen molar-refractivity contribution in [2.45, 2.75) is 25.4 Å². The standard InChI is InChI=1S/C15H32O6S3/c22-12-18-6-1-4-16-10-15(21-9-3-8-20-14-24)11-17-5-2-7-19-13-23/h15,22-24H,1-14H2. The SMILES string of the molecule is SCOCCCOCC(COCCCOCS)OCCCOCS. The first kappa shape index (κ1) is 24.8. The molecule has 0 aliphatic rings. The van der Waals surface area contributed by atoms with E-state index in [1.54, 1.807) is 0 Å². The van der Waals surface area contributed by atoms with E-state index in [0.717, 1.165) is 19.3 Å². The molecule has 0 radical (unpaired) electrons. The minimum atomic E-state index is -0.0856. The molecular weight excluding hydrogens is 372 g/mol. The maximum Gasteiger partial charge on any atom is 0.104 e. The van der Waals surface area contributed by atoms with Gasteiger partial charge in [-0.2, -0.15) is 37.9 Å². The average molecular weight is 405 g/mol. The predicted molar refractivity (Wildman–Crippen MR) is 105 cm³/mol. The summed E-state index contributed by atoms with van der Waals surface area (Å²) >= 11 is 12.0. The van der Waals surface area contributed by atoms with Crippen LogP contribution in [-0.2, 0) is 28.4 Å². The highest BCUT2D eigenvalue weighted by Crippen LogP contribution is 2.00. The molecule has 0 spiro atoms. The quantitative estimate of drug-likeness (QED) is 0.164. The molecule has 0 atom stereocenters. The van der Waals surface area contributed by atoms with Crippen LogP contribution in [-0.4, -0.2) is 76.8 Å². The molecule has 0 aromatic carbocycles. The van der Waals surface area contributed by atoms with Gasteiger partial charge in [-0.1, -0.05) is 0 Å². The van der Waals surface area contributed by atoms with Crippen LogP contribution < -0.4 is 0 Å². The van der Waals surface area contributed by atoms with E-state index >= 15 is 0 Å². The maximum absolute atomic E-state index is 5.80. The zero-order valence-corrected chi connectivity index (χ0v) is 17.0. The summed E-state index contributed by atoms with van der Waals surface area (Å²) in [5, 5.41) is 0. The Hall–Kier alpha value is 0.810. The predicted octanol–water partition coefficient (Wildman–Crippen LogP) is 2.29. The number of hydrogen-bond donors (Lipinski definition) is 3. The van der Waals surface area contributed by atoms with Crippen molar-refractivity contribution in [1.82, 2.24) is 0 Å². The van der Waals surface area contributed by atoms with Gasteiger partial charge in [-0.15, -0.1) is 0 Å². The Kier molecular flexibility index (Phi) is 22.6. The highest BCUT2D eigenvalue weighted by molar-refractivity contribution is 7.80. The second kappa shape index (κ2) is 21.9. The lowest BCUT2D eigenvalue weighted by Gasteiger charge is -2.18. The van der Waals surface area contributed by atoms with Gasteiger partial charge in [-0.25, -0.2) is 0 Å². The van der Waals surface area contributed by atoms with Crippen molar-refractivity contribution in [3.63, 3.8) is 0 Å². The van der Waals surface area contributed by atoms with Crippen LogP contribution in [0.15, 0.2) is 0 Å². The minimum absolute atomic E-state index is 0.0856. The van der Waals surface area contributed by atoms with Crippen molar-refractivity contribution in [3.8, 4) is 0 Å². The van der Waals surface area contributed by atoms with Gasteiger partial charge in [0.15, 0.2) is 0 Å². The summed E-state index contributed by atoms with van der Waals surface area (Å²) in [6, 6.07) is 0. The fourth-order valence-corrected chi connectivity index (χ4v) is 2.09. The topological polar surface area (TPSA) is 55.4 Å². The smallest absolute Gasteiger partial charge is 0.104 e. The molecule has 24 heavy (non-hydrogen) atoms. The Morgan fingerprint density at radius 1 is 0.500 bits per heavy atom. The first-order chi connectivity index (χ1) is 11.8. The number of thiol groups is 3. The Balaban J connectivity index is 3.74. The van der Waals surface area contributed by atoms with E-state index in [9.17, 15) is 0 Å². The largest absolute Gasteiger partial charge is 0.379 e. The monoisotopic (exact) mass is 404 g/mol. The third-order valence-electron chi connectivity index (χ3n) is 2.82. The van der Waals surface area contributed by atoms with Crippen molar-refractivity contribution in [3.05, 3.63) is 0 Å². The molecule has 0 heterocycles. The highest BCUT2D eigenvalue weighted by Gasteiger charge is 2.10. The van der Waals surface area contributed by atoms with Crippen molar-refractivity contribution in [1.29, 1.82) is 0 Å². The molecule has 0 saturated carbocycles. The molecule has 0 N–H and O–H groups in total. The first-order valence-electron chi connectivity index (χ1n) is 8.18. The molecule has 0 saturated heterocycles.